The summed E-state index contributed by atoms with van der Waals surface area (Å²) in [5, 5.41) is 4.40. The Morgan fingerprint density at radius 2 is 1.55 bits per heavy atom. The number of benzene rings is 3. The van der Waals surface area contributed by atoms with E-state index in [1.54, 1.807) is 20.5 Å². The monoisotopic (exact) mass is 442 g/mol. The maximum Gasteiger partial charge on any atom is 0.161 e. The smallest absolute Gasteiger partial charge is 0.161 e. The Morgan fingerprint density at radius 3 is 2.30 bits per heavy atom. The highest BCUT2D eigenvalue weighted by molar-refractivity contribution is 5.94. The molecule has 1 aliphatic rings. The maximum atomic E-state index is 5.47. The zero-order valence-corrected chi connectivity index (χ0v) is 18.7. The number of morpholine rings is 1. The minimum absolute atomic E-state index is 0.693. The van der Waals surface area contributed by atoms with Crippen molar-refractivity contribution in [3.05, 3.63) is 67.0 Å². The van der Waals surface area contributed by atoms with Crippen LogP contribution in [0.3, 0.4) is 0 Å². The van der Waals surface area contributed by atoms with Gasteiger partial charge in [0.1, 0.15) is 12.1 Å². The van der Waals surface area contributed by atoms with Crippen molar-refractivity contribution < 1.29 is 14.2 Å². The zero-order chi connectivity index (χ0) is 22.6. The summed E-state index contributed by atoms with van der Waals surface area (Å²) in [6, 6.07) is 20.5. The third kappa shape index (κ3) is 4.40. The van der Waals surface area contributed by atoms with Crippen LogP contribution in [0.15, 0.2) is 67.0 Å². The van der Waals surface area contributed by atoms with Crippen molar-refractivity contribution in [3.63, 3.8) is 0 Å². The quantitative estimate of drug-likeness (QED) is 0.456. The highest BCUT2D eigenvalue weighted by Crippen LogP contribution is 2.34. The van der Waals surface area contributed by atoms with Crippen LogP contribution in [-0.2, 0) is 4.74 Å². The van der Waals surface area contributed by atoms with E-state index in [0.717, 1.165) is 59.8 Å². The molecule has 168 valence electrons. The Kier molecular flexibility index (Phi) is 5.95. The van der Waals surface area contributed by atoms with Crippen LogP contribution in [0.4, 0.5) is 17.2 Å². The molecule has 0 spiro atoms. The van der Waals surface area contributed by atoms with Crippen LogP contribution in [0.1, 0.15) is 0 Å². The van der Waals surface area contributed by atoms with Crippen LogP contribution >= 0.6 is 0 Å². The Balaban J connectivity index is 1.44. The summed E-state index contributed by atoms with van der Waals surface area (Å²) in [5.74, 6) is 2.16. The van der Waals surface area contributed by atoms with Gasteiger partial charge in [-0.25, -0.2) is 9.97 Å². The van der Waals surface area contributed by atoms with Gasteiger partial charge in [0.15, 0.2) is 11.5 Å². The number of ether oxygens (including phenoxy) is 3. The first kappa shape index (κ1) is 21.0. The summed E-state index contributed by atoms with van der Waals surface area (Å²) in [6.45, 7) is 3.38. The molecule has 0 atom stereocenters. The molecular weight excluding hydrogens is 416 g/mol. The maximum absolute atomic E-state index is 5.47. The number of anilines is 3. The fraction of sp³-hybridized carbons (Fsp3) is 0.231. The van der Waals surface area contributed by atoms with Gasteiger partial charge in [-0.1, -0.05) is 12.1 Å². The predicted molar refractivity (Wildman–Crippen MR) is 131 cm³/mol. The largest absolute Gasteiger partial charge is 0.493 e. The second kappa shape index (κ2) is 9.34. The summed E-state index contributed by atoms with van der Waals surface area (Å²) >= 11 is 0. The first-order valence-corrected chi connectivity index (χ1v) is 10.9. The molecule has 7 heteroatoms. The number of fused-ring (bicyclic) bond motifs is 1. The number of nitrogens with one attached hydrogen (secondary N) is 1. The second-order valence-corrected chi connectivity index (χ2v) is 7.80. The van der Waals surface area contributed by atoms with Crippen molar-refractivity contribution in [1.29, 1.82) is 0 Å². The molecule has 0 aliphatic carbocycles. The molecule has 1 aliphatic heterocycles. The molecule has 0 amide bonds. The highest BCUT2D eigenvalue weighted by atomic mass is 16.5. The summed E-state index contributed by atoms with van der Waals surface area (Å²) in [5.41, 5.74) is 5.13. The summed E-state index contributed by atoms with van der Waals surface area (Å²) in [4.78, 5) is 11.3. The van der Waals surface area contributed by atoms with Crippen LogP contribution < -0.4 is 19.7 Å². The third-order valence-corrected chi connectivity index (χ3v) is 5.86. The Hall–Kier alpha value is -3.84. The predicted octanol–water partition coefficient (Wildman–Crippen LogP) is 4.89. The van der Waals surface area contributed by atoms with Gasteiger partial charge in [0.25, 0.3) is 0 Å². The fourth-order valence-electron chi connectivity index (χ4n) is 4.07. The van der Waals surface area contributed by atoms with Gasteiger partial charge < -0.3 is 24.4 Å². The SMILES string of the molecule is COc1ccc(-c2ccc3ncnc(Nc4ccc(N5CCOCC5)cc4)c3c2)cc1OC. The van der Waals surface area contributed by atoms with E-state index >= 15 is 0 Å². The lowest BCUT2D eigenvalue weighted by atomic mass is 10.0. The second-order valence-electron chi connectivity index (χ2n) is 7.80. The molecule has 2 heterocycles. The number of rotatable bonds is 6. The van der Waals surface area contributed by atoms with Gasteiger partial charge in [0.05, 0.1) is 33.0 Å². The molecule has 1 N–H and O–H groups in total. The molecule has 0 saturated carbocycles. The first-order valence-electron chi connectivity index (χ1n) is 10.9. The molecule has 1 saturated heterocycles. The van der Waals surface area contributed by atoms with E-state index in [4.69, 9.17) is 14.2 Å². The van der Waals surface area contributed by atoms with Gasteiger partial charge in [-0.2, -0.15) is 0 Å². The van der Waals surface area contributed by atoms with Crippen LogP contribution in [0.2, 0.25) is 0 Å². The molecule has 0 bridgehead atoms. The Labute approximate surface area is 193 Å². The van der Waals surface area contributed by atoms with E-state index < -0.39 is 0 Å². The van der Waals surface area contributed by atoms with E-state index in [0.29, 0.717) is 11.5 Å². The fourth-order valence-corrected chi connectivity index (χ4v) is 4.07. The Morgan fingerprint density at radius 1 is 0.818 bits per heavy atom. The lowest BCUT2D eigenvalue weighted by Gasteiger charge is -2.28. The average Bonchev–Trinajstić information content (AvgIpc) is 2.89. The van der Waals surface area contributed by atoms with E-state index in [-0.39, 0.29) is 0 Å². The van der Waals surface area contributed by atoms with Gasteiger partial charge in [-0.05, 0) is 59.7 Å². The van der Waals surface area contributed by atoms with Gasteiger partial charge in [-0.15, -0.1) is 0 Å². The molecule has 3 aromatic carbocycles. The van der Waals surface area contributed by atoms with Crippen molar-refractivity contribution in [1.82, 2.24) is 9.97 Å². The topological polar surface area (TPSA) is 68.7 Å². The van der Waals surface area contributed by atoms with Crippen LogP contribution in [0.5, 0.6) is 11.5 Å². The van der Waals surface area contributed by atoms with E-state index in [1.807, 2.05) is 24.3 Å². The minimum atomic E-state index is 0.693. The first-order chi connectivity index (χ1) is 16.2. The molecule has 5 rings (SSSR count). The molecule has 1 fully saturated rings. The van der Waals surface area contributed by atoms with Crippen molar-refractivity contribution >= 4 is 28.1 Å². The lowest BCUT2D eigenvalue weighted by molar-refractivity contribution is 0.122. The van der Waals surface area contributed by atoms with Gasteiger partial charge in [0.2, 0.25) is 0 Å². The molecule has 7 nitrogen and oxygen atoms in total. The standard InChI is InChI=1S/C26H26N4O3/c1-31-24-10-4-19(16-25(24)32-2)18-3-9-23-22(15-18)26(28-17-27-23)29-20-5-7-21(8-6-20)30-11-13-33-14-12-30/h3-10,15-17H,11-14H2,1-2H3,(H,27,28,29). The molecule has 4 aromatic rings. The van der Waals surface area contributed by atoms with Crippen molar-refractivity contribution in [2.45, 2.75) is 0 Å². The van der Waals surface area contributed by atoms with Gasteiger partial charge in [0, 0.05) is 29.9 Å². The third-order valence-electron chi connectivity index (χ3n) is 5.86. The Bertz CT molecular complexity index is 1250. The summed E-state index contributed by atoms with van der Waals surface area (Å²) in [6.07, 6.45) is 1.59. The molecular formula is C26H26N4O3. The van der Waals surface area contributed by atoms with Crippen LogP contribution in [-0.4, -0.2) is 50.5 Å². The van der Waals surface area contributed by atoms with E-state index in [9.17, 15) is 0 Å². The van der Waals surface area contributed by atoms with Crippen LogP contribution in [0.25, 0.3) is 22.0 Å². The van der Waals surface area contributed by atoms with Gasteiger partial charge in [-0.3, -0.25) is 0 Å². The zero-order valence-electron chi connectivity index (χ0n) is 18.7. The van der Waals surface area contributed by atoms with Crippen LogP contribution in [0, 0.1) is 0 Å². The van der Waals surface area contributed by atoms with Crippen molar-refractivity contribution in [3.8, 4) is 22.6 Å². The molecule has 0 unspecified atom stereocenters. The summed E-state index contributed by atoms with van der Waals surface area (Å²) in [7, 11) is 3.28. The number of methoxy groups -OCH3 is 2. The van der Waals surface area contributed by atoms with E-state index in [1.165, 1.54) is 5.69 Å². The number of hydrogen-bond donors (Lipinski definition) is 1. The van der Waals surface area contributed by atoms with Crippen molar-refractivity contribution in [2.75, 3.05) is 50.7 Å². The normalized spacial score (nSPS) is 13.7. The number of nitrogens with zero attached hydrogens (tertiary/aromatic N) is 3. The molecule has 0 radical (unpaired) electrons. The minimum Gasteiger partial charge on any atom is -0.493 e. The average molecular weight is 443 g/mol. The molecule has 1 aromatic heterocycles. The lowest BCUT2D eigenvalue weighted by Crippen LogP contribution is -2.36. The van der Waals surface area contributed by atoms with Gasteiger partial charge >= 0.3 is 0 Å². The van der Waals surface area contributed by atoms with E-state index in [2.05, 4.69) is 56.6 Å². The number of aromatic nitrogens is 2. The van der Waals surface area contributed by atoms with Crippen molar-refractivity contribution in [2.24, 2.45) is 0 Å². The number of hydrogen-bond acceptors (Lipinski definition) is 7. The highest BCUT2D eigenvalue weighted by Gasteiger charge is 2.12. The molecule has 33 heavy (non-hydrogen) atoms. The summed E-state index contributed by atoms with van der Waals surface area (Å²) < 4.78 is 16.3.